The molecule has 1 aliphatic heterocycles. The van der Waals surface area contributed by atoms with E-state index >= 15 is 0 Å². The minimum absolute atomic E-state index is 0.214. The number of hydrogen-bond donors (Lipinski definition) is 4. The molecule has 0 aliphatic carbocycles. The van der Waals surface area contributed by atoms with E-state index in [1.54, 1.807) is 0 Å². The lowest BCUT2D eigenvalue weighted by Crippen LogP contribution is -2.35. The zero-order valence-corrected chi connectivity index (χ0v) is 18.3. The number of nitrogens with zero attached hydrogens (tertiary/aromatic N) is 4. The highest BCUT2D eigenvalue weighted by molar-refractivity contribution is 7.99. The number of anilines is 1. The van der Waals surface area contributed by atoms with Gasteiger partial charge in [0, 0.05) is 5.75 Å². The third-order valence-corrected chi connectivity index (χ3v) is 6.37. The molecule has 4 atom stereocenters. The van der Waals surface area contributed by atoms with Crippen LogP contribution >= 0.6 is 11.8 Å². The Bertz CT molecular complexity index is 1190. The van der Waals surface area contributed by atoms with Gasteiger partial charge >= 0.3 is 10.3 Å². The summed E-state index contributed by atoms with van der Waals surface area (Å²) in [6.45, 7) is -0.567. The Morgan fingerprint density at radius 3 is 2.66 bits per heavy atom. The molecule has 1 aromatic carbocycles. The van der Waals surface area contributed by atoms with E-state index in [-0.39, 0.29) is 5.82 Å². The summed E-state index contributed by atoms with van der Waals surface area (Å²) < 4.78 is 33.6. The number of aliphatic hydroxyl groups excluding tert-OH is 2. The third-order valence-electron chi connectivity index (χ3n) is 4.93. The van der Waals surface area contributed by atoms with Crippen molar-refractivity contribution >= 4 is 38.9 Å². The van der Waals surface area contributed by atoms with Crippen molar-refractivity contribution in [3.63, 3.8) is 0 Å². The summed E-state index contributed by atoms with van der Waals surface area (Å²) in [5.41, 5.74) is 7.54. The van der Waals surface area contributed by atoms with Crippen LogP contribution in [0.25, 0.3) is 11.0 Å². The Hall–Kier alpha value is -2.33. The number of fused-ring (bicyclic) bond motifs is 1. The van der Waals surface area contributed by atoms with E-state index in [9.17, 15) is 18.6 Å². The first-order valence-electron chi connectivity index (χ1n) is 9.59. The number of hydrogen-bond acceptors (Lipinski definition) is 11. The molecule has 4 rings (SSSR count). The largest absolute Gasteiger partial charge is 0.387 e. The van der Waals surface area contributed by atoms with Crippen LogP contribution in [0.4, 0.5) is 5.82 Å². The van der Waals surface area contributed by atoms with Gasteiger partial charge in [0.1, 0.15) is 35.5 Å². The number of aliphatic hydroxyl groups is 2. The summed E-state index contributed by atoms with van der Waals surface area (Å²) in [4.78, 5) is 8.25. The second-order valence-corrected chi connectivity index (χ2v) is 9.42. The molecule has 14 heteroatoms. The molecule has 6 N–H and O–H groups in total. The van der Waals surface area contributed by atoms with Gasteiger partial charge in [0.2, 0.25) is 0 Å². The molecule has 3 heterocycles. The van der Waals surface area contributed by atoms with Crippen molar-refractivity contribution in [1.82, 2.24) is 19.7 Å². The number of nitrogen functional groups attached to an aromatic ring is 1. The van der Waals surface area contributed by atoms with Crippen molar-refractivity contribution in [2.24, 2.45) is 5.14 Å². The first-order chi connectivity index (χ1) is 15.2. The van der Waals surface area contributed by atoms with Gasteiger partial charge in [-0.3, -0.25) is 4.18 Å². The Labute approximate surface area is 187 Å². The zero-order valence-electron chi connectivity index (χ0n) is 16.7. The Balaban J connectivity index is 1.58. The van der Waals surface area contributed by atoms with Crippen LogP contribution in [0.5, 0.6) is 0 Å². The van der Waals surface area contributed by atoms with Gasteiger partial charge in [-0.25, -0.2) is 19.8 Å². The van der Waals surface area contributed by atoms with E-state index < -0.39 is 41.5 Å². The number of rotatable bonds is 8. The molecule has 0 spiro atoms. The fraction of sp³-hybridized carbons (Fsp3) is 0.389. The maximum absolute atomic E-state index is 11.1. The van der Waals surface area contributed by atoms with E-state index in [0.717, 1.165) is 6.42 Å². The molecule has 2 aromatic heterocycles. The van der Waals surface area contributed by atoms with Gasteiger partial charge in [-0.05, 0) is 12.0 Å². The smallest absolute Gasteiger partial charge is 0.333 e. The van der Waals surface area contributed by atoms with Gasteiger partial charge < -0.3 is 20.7 Å². The summed E-state index contributed by atoms with van der Waals surface area (Å²) in [5.74, 6) is 0.914. The zero-order chi connectivity index (χ0) is 22.9. The number of ether oxygens (including phenoxy) is 1. The summed E-state index contributed by atoms with van der Waals surface area (Å²) in [7, 11) is -4.24. The van der Waals surface area contributed by atoms with E-state index in [2.05, 4.69) is 19.2 Å². The molecule has 1 aliphatic rings. The van der Waals surface area contributed by atoms with Crippen molar-refractivity contribution in [3.05, 3.63) is 42.2 Å². The van der Waals surface area contributed by atoms with Crippen molar-refractivity contribution in [1.29, 1.82) is 0 Å². The normalized spacial score (nSPS) is 23.7. The predicted molar refractivity (Wildman–Crippen MR) is 116 cm³/mol. The Morgan fingerprint density at radius 1 is 1.19 bits per heavy atom. The van der Waals surface area contributed by atoms with Crippen LogP contribution in [0.15, 0.2) is 41.7 Å². The van der Waals surface area contributed by atoms with Gasteiger partial charge in [-0.1, -0.05) is 30.3 Å². The quantitative estimate of drug-likeness (QED) is 0.305. The summed E-state index contributed by atoms with van der Waals surface area (Å²) in [5, 5.41) is 31.2. The molecular formula is C18H22N6O6S2. The fourth-order valence-electron chi connectivity index (χ4n) is 3.38. The first-order valence-corrected chi connectivity index (χ1v) is 12.0. The summed E-state index contributed by atoms with van der Waals surface area (Å²) in [6, 6.07) is 9.95. The van der Waals surface area contributed by atoms with Gasteiger partial charge in [0.15, 0.2) is 11.9 Å². The van der Waals surface area contributed by atoms with Crippen LogP contribution in [0, 0.1) is 0 Å². The molecule has 3 aromatic rings. The monoisotopic (exact) mass is 482 g/mol. The SMILES string of the molecule is Nc1ncnc2c1c(SCCc1ccccc1)nn2[C@@H]1O[C@H](COS(N)(=O)=O)[C@@H](O)[C@H]1O. The van der Waals surface area contributed by atoms with E-state index in [1.807, 2.05) is 30.3 Å². The summed E-state index contributed by atoms with van der Waals surface area (Å²) in [6.07, 6.45) is -3.12. The van der Waals surface area contributed by atoms with E-state index in [1.165, 1.54) is 28.3 Å². The highest BCUT2D eigenvalue weighted by Gasteiger charge is 2.45. The van der Waals surface area contributed by atoms with Crippen molar-refractivity contribution in [2.75, 3.05) is 18.1 Å². The van der Waals surface area contributed by atoms with Crippen LogP contribution in [-0.2, 0) is 25.6 Å². The molecule has 12 nitrogen and oxygen atoms in total. The maximum atomic E-state index is 11.1. The van der Waals surface area contributed by atoms with Gasteiger partial charge in [-0.2, -0.15) is 13.5 Å². The number of thioether (sulfide) groups is 1. The Kier molecular flexibility index (Phi) is 6.62. The Morgan fingerprint density at radius 2 is 1.94 bits per heavy atom. The van der Waals surface area contributed by atoms with Crippen LogP contribution < -0.4 is 10.9 Å². The number of benzene rings is 1. The van der Waals surface area contributed by atoms with E-state index in [4.69, 9.17) is 15.6 Å². The molecular weight excluding hydrogens is 460 g/mol. The highest BCUT2D eigenvalue weighted by atomic mass is 32.2. The summed E-state index contributed by atoms with van der Waals surface area (Å²) >= 11 is 1.44. The lowest BCUT2D eigenvalue weighted by atomic mass is 10.1. The maximum Gasteiger partial charge on any atom is 0.333 e. The third kappa shape index (κ3) is 4.85. The number of aromatic nitrogens is 4. The van der Waals surface area contributed by atoms with Crippen molar-refractivity contribution in [2.45, 2.75) is 36.0 Å². The first kappa shape index (κ1) is 22.8. The molecule has 1 saturated heterocycles. The molecule has 0 saturated carbocycles. The van der Waals surface area contributed by atoms with Crippen LogP contribution in [0.2, 0.25) is 0 Å². The molecule has 172 valence electrons. The minimum atomic E-state index is -4.24. The van der Waals surface area contributed by atoms with Crippen LogP contribution in [0.1, 0.15) is 11.8 Å². The van der Waals surface area contributed by atoms with Crippen LogP contribution in [0.3, 0.4) is 0 Å². The lowest BCUT2D eigenvalue weighted by molar-refractivity contribution is -0.0531. The second-order valence-electron chi connectivity index (χ2n) is 7.11. The number of nitrogens with two attached hydrogens (primary N) is 2. The van der Waals surface area contributed by atoms with E-state index in [0.29, 0.717) is 21.8 Å². The van der Waals surface area contributed by atoms with Crippen LogP contribution in [-0.4, -0.2) is 69.1 Å². The number of aryl methyl sites for hydroxylation is 1. The van der Waals surface area contributed by atoms with Crippen molar-refractivity contribution < 1.29 is 27.6 Å². The molecule has 1 fully saturated rings. The minimum Gasteiger partial charge on any atom is -0.387 e. The topological polar surface area (TPSA) is 189 Å². The fourth-order valence-corrected chi connectivity index (χ4v) is 4.72. The lowest BCUT2D eigenvalue weighted by Gasteiger charge is -2.15. The molecule has 0 amide bonds. The molecule has 0 bridgehead atoms. The standard InChI is InChI=1S/C18H22N6O6S2/c19-15-12-16(22-9-21-15)24(23-17(12)31-7-6-10-4-2-1-3-5-10)18-14(26)13(25)11(30-18)8-29-32(20,27)28/h1-5,9,11,13-14,18,25-26H,6-8H2,(H2,19,21,22)(H2,20,27,28)/t11-,13-,14-,18-/m1/s1. The predicted octanol–water partition coefficient (Wildman–Crippen LogP) is -0.417. The van der Waals surface area contributed by atoms with Gasteiger partial charge in [-0.15, -0.1) is 11.8 Å². The second kappa shape index (κ2) is 9.27. The van der Waals surface area contributed by atoms with Gasteiger partial charge in [0.05, 0.1) is 12.0 Å². The molecule has 32 heavy (non-hydrogen) atoms. The molecule has 0 radical (unpaired) electrons. The van der Waals surface area contributed by atoms with Crippen molar-refractivity contribution in [3.8, 4) is 0 Å². The average Bonchev–Trinajstić information content (AvgIpc) is 3.25. The highest BCUT2D eigenvalue weighted by Crippen LogP contribution is 2.36. The molecule has 0 unspecified atom stereocenters. The van der Waals surface area contributed by atoms with Gasteiger partial charge in [0.25, 0.3) is 0 Å². The average molecular weight is 483 g/mol.